The number of H-pyrrole nitrogens is 1. The van der Waals surface area contributed by atoms with Crippen molar-refractivity contribution in [3.63, 3.8) is 0 Å². The Kier molecular flexibility index (Phi) is 3.37. The van der Waals surface area contributed by atoms with Crippen LogP contribution in [0.5, 0.6) is 0 Å². The van der Waals surface area contributed by atoms with Crippen molar-refractivity contribution in [2.24, 2.45) is 7.05 Å². The van der Waals surface area contributed by atoms with Crippen LogP contribution in [0.25, 0.3) is 22.2 Å². The smallest absolute Gasteiger partial charge is 0.155 e. The molecule has 4 rings (SSSR count). The molecule has 6 heteroatoms. The average Bonchev–Trinajstić information content (AvgIpc) is 3.16. The highest BCUT2D eigenvalue weighted by molar-refractivity contribution is 5.85. The molecule has 0 spiro atoms. The molecule has 3 aromatic heterocycles. The number of hydrogen-bond donors (Lipinski definition) is 1. The predicted octanol–water partition coefficient (Wildman–Crippen LogP) is 2.96. The summed E-state index contributed by atoms with van der Waals surface area (Å²) < 4.78 is 1.79. The molecule has 6 nitrogen and oxygen atoms in total. The third-order valence-electron chi connectivity index (χ3n) is 4.09. The molecule has 0 unspecified atom stereocenters. The molecule has 0 saturated heterocycles. The molecule has 4 aromatic rings. The van der Waals surface area contributed by atoms with Crippen molar-refractivity contribution < 1.29 is 0 Å². The number of aryl methyl sites for hydroxylation is 3. The third-order valence-corrected chi connectivity index (χ3v) is 4.09. The van der Waals surface area contributed by atoms with E-state index >= 15 is 0 Å². The lowest BCUT2D eigenvalue weighted by Crippen LogP contribution is -1.94. The first-order chi connectivity index (χ1) is 11.6. The van der Waals surface area contributed by atoms with Gasteiger partial charge in [0.1, 0.15) is 5.82 Å². The molecule has 1 N–H and O–H groups in total. The van der Waals surface area contributed by atoms with Gasteiger partial charge in [0.25, 0.3) is 0 Å². The van der Waals surface area contributed by atoms with Gasteiger partial charge in [-0.25, -0.2) is 9.97 Å². The second kappa shape index (κ2) is 5.56. The Balaban J connectivity index is 1.73. The predicted molar refractivity (Wildman–Crippen MR) is 92.6 cm³/mol. The number of aromatic nitrogens is 6. The molecule has 0 aliphatic rings. The number of hydrogen-bond acceptors (Lipinski definition) is 4. The first-order valence-electron chi connectivity index (χ1n) is 7.86. The standard InChI is InChI=1S/C18H18N6/c1-11-6-17(14-9-19-24(3)10-14)21-16-5-4-13(7-15(11)16)8-18-20-12(2)22-23-18/h4-7,9-10H,8H2,1-3H3,(H,20,22,23). The fraction of sp³-hybridized carbons (Fsp3) is 0.222. The van der Waals surface area contributed by atoms with Crippen LogP contribution < -0.4 is 0 Å². The van der Waals surface area contributed by atoms with E-state index in [9.17, 15) is 0 Å². The number of rotatable bonds is 3. The second-order valence-electron chi connectivity index (χ2n) is 6.09. The maximum atomic E-state index is 4.78. The largest absolute Gasteiger partial charge is 0.275 e. The zero-order valence-electron chi connectivity index (χ0n) is 13.9. The van der Waals surface area contributed by atoms with Gasteiger partial charge in [-0.2, -0.15) is 10.2 Å². The number of nitrogens with zero attached hydrogens (tertiary/aromatic N) is 5. The van der Waals surface area contributed by atoms with Crippen LogP contribution in [0.15, 0.2) is 36.7 Å². The van der Waals surface area contributed by atoms with Crippen molar-refractivity contribution in [3.8, 4) is 11.3 Å². The summed E-state index contributed by atoms with van der Waals surface area (Å²) in [5.41, 5.74) is 5.35. The monoisotopic (exact) mass is 318 g/mol. The molecular formula is C18H18N6. The molecule has 0 amide bonds. The quantitative estimate of drug-likeness (QED) is 0.630. The summed E-state index contributed by atoms with van der Waals surface area (Å²) in [7, 11) is 1.91. The van der Waals surface area contributed by atoms with Gasteiger partial charge in [-0.05, 0) is 43.2 Å². The Morgan fingerprint density at radius 3 is 2.71 bits per heavy atom. The van der Waals surface area contributed by atoms with E-state index in [1.807, 2.05) is 26.4 Å². The van der Waals surface area contributed by atoms with E-state index in [0.717, 1.165) is 33.8 Å². The Morgan fingerprint density at radius 1 is 1.12 bits per heavy atom. The highest BCUT2D eigenvalue weighted by Gasteiger charge is 2.09. The first kappa shape index (κ1) is 14.6. The maximum Gasteiger partial charge on any atom is 0.155 e. The molecule has 120 valence electrons. The van der Waals surface area contributed by atoms with Gasteiger partial charge in [0, 0.05) is 30.6 Å². The lowest BCUT2D eigenvalue weighted by molar-refractivity contribution is 0.768. The van der Waals surface area contributed by atoms with Crippen molar-refractivity contribution in [2.75, 3.05) is 0 Å². The van der Waals surface area contributed by atoms with Crippen LogP contribution in [0.2, 0.25) is 0 Å². The van der Waals surface area contributed by atoms with Gasteiger partial charge in [-0.3, -0.25) is 9.78 Å². The SMILES string of the molecule is Cc1nc(Cc2ccc3nc(-c4cnn(C)c4)cc(C)c3c2)n[nH]1. The fourth-order valence-electron chi connectivity index (χ4n) is 2.90. The van der Waals surface area contributed by atoms with Gasteiger partial charge in [-0.1, -0.05) is 6.07 Å². The van der Waals surface area contributed by atoms with Gasteiger partial charge >= 0.3 is 0 Å². The molecule has 0 radical (unpaired) electrons. The summed E-state index contributed by atoms with van der Waals surface area (Å²) in [5.74, 6) is 1.65. The second-order valence-corrected chi connectivity index (χ2v) is 6.09. The molecular weight excluding hydrogens is 300 g/mol. The number of aromatic amines is 1. The normalized spacial score (nSPS) is 11.3. The van der Waals surface area contributed by atoms with Gasteiger partial charge in [0.15, 0.2) is 5.82 Å². The highest BCUT2D eigenvalue weighted by atomic mass is 15.2. The van der Waals surface area contributed by atoms with Crippen molar-refractivity contribution in [1.82, 2.24) is 29.9 Å². The van der Waals surface area contributed by atoms with E-state index in [2.05, 4.69) is 51.5 Å². The number of nitrogens with one attached hydrogen (secondary N) is 1. The molecule has 24 heavy (non-hydrogen) atoms. The average molecular weight is 318 g/mol. The third kappa shape index (κ3) is 2.67. The van der Waals surface area contributed by atoms with Crippen molar-refractivity contribution in [2.45, 2.75) is 20.3 Å². The van der Waals surface area contributed by atoms with E-state index in [1.54, 1.807) is 4.68 Å². The molecule has 0 saturated carbocycles. The summed E-state index contributed by atoms with van der Waals surface area (Å²) in [4.78, 5) is 9.15. The molecule has 0 fully saturated rings. The molecule has 3 heterocycles. The van der Waals surface area contributed by atoms with E-state index in [1.165, 1.54) is 11.1 Å². The topological polar surface area (TPSA) is 72.3 Å². The van der Waals surface area contributed by atoms with Crippen LogP contribution >= 0.6 is 0 Å². The van der Waals surface area contributed by atoms with E-state index in [4.69, 9.17) is 4.98 Å². The summed E-state index contributed by atoms with van der Waals surface area (Å²) in [6, 6.07) is 8.45. The maximum absolute atomic E-state index is 4.78. The molecule has 0 bridgehead atoms. The van der Waals surface area contributed by atoms with Crippen molar-refractivity contribution >= 4 is 10.9 Å². The number of pyridine rings is 1. The minimum atomic E-state index is 0.712. The molecule has 1 aromatic carbocycles. The number of fused-ring (bicyclic) bond motifs is 1. The molecule has 0 aliphatic carbocycles. The van der Waals surface area contributed by atoms with Crippen molar-refractivity contribution in [3.05, 3.63) is 59.4 Å². The summed E-state index contributed by atoms with van der Waals surface area (Å²) in [6.07, 6.45) is 4.53. The van der Waals surface area contributed by atoms with Gasteiger partial charge in [0.2, 0.25) is 0 Å². The van der Waals surface area contributed by atoms with Crippen molar-refractivity contribution in [1.29, 1.82) is 0 Å². The van der Waals surface area contributed by atoms with E-state index < -0.39 is 0 Å². The zero-order chi connectivity index (χ0) is 16.7. The molecule has 0 atom stereocenters. The van der Waals surface area contributed by atoms with Gasteiger partial charge < -0.3 is 0 Å². The summed E-state index contributed by atoms with van der Waals surface area (Å²) in [5, 5.41) is 12.5. The van der Waals surface area contributed by atoms with Crippen LogP contribution in [-0.4, -0.2) is 29.9 Å². The number of benzene rings is 1. The summed E-state index contributed by atoms with van der Waals surface area (Å²) >= 11 is 0. The zero-order valence-corrected chi connectivity index (χ0v) is 13.9. The summed E-state index contributed by atoms with van der Waals surface area (Å²) in [6.45, 7) is 4.02. The molecule has 0 aliphatic heterocycles. The van der Waals surface area contributed by atoms with Crippen LogP contribution in [0, 0.1) is 13.8 Å². The van der Waals surface area contributed by atoms with E-state index in [0.29, 0.717) is 6.42 Å². The van der Waals surface area contributed by atoms with Gasteiger partial charge in [-0.15, -0.1) is 0 Å². The Labute approximate surface area is 139 Å². The van der Waals surface area contributed by atoms with Crippen LogP contribution in [0.4, 0.5) is 0 Å². The van der Waals surface area contributed by atoms with Crippen LogP contribution in [-0.2, 0) is 13.5 Å². The minimum absolute atomic E-state index is 0.712. The Morgan fingerprint density at radius 2 is 2.00 bits per heavy atom. The van der Waals surface area contributed by atoms with E-state index in [-0.39, 0.29) is 0 Å². The van der Waals surface area contributed by atoms with Crippen LogP contribution in [0.1, 0.15) is 22.8 Å². The minimum Gasteiger partial charge on any atom is -0.275 e. The van der Waals surface area contributed by atoms with Crippen LogP contribution in [0.3, 0.4) is 0 Å². The van der Waals surface area contributed by atoms with Gasteiger partial charge in [0.05, 0.1) is 17.4 Å². The Hall–Kier alpha value is -3.02. The first-order valence-corrected chi connectivity index (χ1v) is 7.86. The Bertz CT molecular complexity index is 1030. The lowest BCUT2D eigenvalue weighted by Gasteiger charge is -2.07. The highest BCUT2D eigenvalue weighted by Crippen LogP contribution is 2.25. The fourth-order valence-corrected chi connectivity index (χ4v) is 2.90. The lowest BCUT2D eigenvalue weighted by atomic mass is 10.0.